The Hall–Kier alpha value is -0.590. The van der Waals surface area contributed by atoms with Crippen molar-refractivity contribution in [3.63, 3.8) is 0 Å². The summed E-state index contributed by atoms with van der Waals surface area (Å²) >= 11 is 0. The van der Waals surface area contributed by atoms with Crippen molar-refractivity contribution in [2.24, 2.45) is 7.05 Å². The molecule has 0 fully saturated rings. The summed E-state index contributed by atoms with van der Waals surface area (Å²) in [5, 5.41) is -0.185. The van der Waals surface area contributed by atoms with E-state index in [1.165, 1.54) is 11.6 Å². The van der Waals surface area contributed by atoms with Crippen molar-refractivity contribution in [3.8, 4) is 0 Å². The van der Waals surface area contributed by atoms with Crippen LogP contribution in [-0.4, -0.2) is 22.5 Å². The zero-order chi connectivity index (χ0) is 8.65. The fourth-order valence-corrected chi connectivity index (χ4v) is 1.39. The standard InChI is InChI=1S/C5H8N2O3S.ClH/c1-4-6-3-5(7(4)2)11(8,9)10;/h3H,1-2H3,(H,8,9,10);1H. The largest absolute Gasteiger partial charge is 0.321 e. The number of nitrogens with zero attached hydrogens (tertiary/aromatic N) is 2. The molecule has 1 aromatic rings. The van der Waals surface area contributed by atoms with Crippen LogP contribution in [-0.2, 0) is 17.2 Å². The van der Waals surface area contributed by atoms with Crippen LogP contribution in [0.1, 0.15) is 5.82 Å². The van der Waals surface area contributed by atoms with Gasteiger partial charge in [0, 0.05) is 7.05 Å². The van der Waals surface area contributed by atoms with Gasteiger partial charge in [0.25, 0.3) is 0 Å². The predicted molar refractivity (Wildman–Crippen MR) is 45.0 cm³/mol. The highest BCUT2D eigenvalue weighted by Crippen LogP contribution is 2.07. The van der Waals surface area contributed by atoms with E-state index >= 15 is 0 Å². The third kappa shape index (κ3) is 1.96. The molecule has 0 aliphatic carbocycles. The average molecular weight is 213 g/mol. The summed E-state index contributed by atoms with van der Waals surface area (Å²) < 4.78 is 31.0. The first-order valence-corrected chi connectivity index (χ1v) is 4.33. The smallest absolute Gasteiger partial charge is 0.311 e. The number of hydrogen-bond acceptors (Lipinski definition) is 3. The summed E-state index contributed by atoms with van der Waals surface area (Å²) in [6.07, 6.45) is 1.12. The maximum atomic E-state index is 10.6. The lowest BCUT2D eigenvalue weighted by Gasteiger charge is -1.97. The molecule has 0 saturated heterocycles. The molecule has 0 aliphatic heterocycles. The molecule has 1 N–H and O–H groups in total. The van der Waals surface area contributed by atoms with Gasteiger partial charge in [0.1, 0.15) is 5.82 Å². The number of halogens is 1. The van der Waals surface area contributed by atoms with Crippen molar-refractivity contribution in [1.29, 1.82) is 0 Å². The van der Waals surface area contributed by atoms with Crippen molar-refractivity contribution < 1.29 is 13.0 Å². The van der Waals surface area contributed by atoms with Crippen molar-refractivity contribution in [1.82, 2.24) is 9.55 Å². The van der Waals surface area contributed by atoms with Crippen LogP contribution in [0.5, 0.6) is 0 Å². The van der Waals surface area contributed by atoms with E-state index in [4.69, 9.17) is 4.55 Å². The van der Waals surface area contributed by atoms with Gasteiger partial charge in [-0.3, -0.25) is 4.55 Å². The van der Waals surface area contributed by atoms with Crippen molar-refractivity contribution >= 4 is 22.5 Å². The minimum Gasteiger partial charge on any atom is -0.321 e. The molecule has 0 aromatic carbocycles. The first kappa shape index (κ1) is 11.4. The van der Waals surface area contributed by atoms with E-state index in [0.717, 1.165) is 6.20 Å². The Balaban J connectivity index is 0.00000121. The molecule has 0 spiro atoms. The molecule has 0 bridgehead atoms. The Kier molecular flexibility index (Phi) is 3.25. The maximum Gasteiger partial charge on any atom is 0.311 e. The summed E-state index contributed by atoms with van der Waals surface area (Å²) in [6, 6.07) is 0. The molecule has 7 heteroatoms. The molecule has 1 rings (SSSR count). The van der Waals surface area contributed by atoms with Gasteiger partial charge in [0.2, 0.25) is 0 Å². The first-order chi connectivity index (χ1) is 4.93. The second-order valence-electron chi connectivity index (χ2n) is 2.18. The average Bonchev–Trinajstić information content (AvgIpc) is 2.11. The minimum absolute atomic E-state index is 0. The molecular weight excluding hydrogens is 204 g/mol. The predicted octanol–water partition coefficient (Wildman–Crippen LogP) is 0.397. The van der Waals surface area contributed by atoms with Crippen LogP contribution in [0, 0.1) is 6.92 Å². The van der Waals surface area contributed by atoms with E-state index < -0.39 is 10.1 Å². The zero-order valence-electron chi connectivity index (χ0n) is 6.55. The monoisotopic (exact) mass is 212 g/mol. The van der Waals surface area contributed by atoms with Crippen molar-refractivity contribution in [2.75, 3.05) is 0 Å². The van der Waals surface area contributed by atoms with Crippen LogP contribution in [0.4, 0.5) is 0 Å². The summed E-state index contributed by atoms with van der Waals surface area (Å²) in [6.45, 7) is 1.65. The van der Waals surface area contributed by atoms with Crippen LogP contribution < -0.4 is 0 Å². The summed E-state index contributed by atoms with van der Waals surface area (Å²) in [5.41, 5.74) is 0. The lowest BCUT2D eigenvalue weighted by molar-refractivity contribution is 0.474. The van der Waals surface area contributed by atoms with Gasteiger partial charge in [-0.2, -0.15) is 8.42 Å². The highest BCUT2D eigenvalue weighted by molar-refractivity contribution is 7.85. The van der Waals surface area contributed by atoms with Crippen LogP contribution in [0.2, 0.25) is 0 Å². The molecule has 0 unspecified atom stereocenters. The Morgan fingerprint density at radius 2 is 2.08 bits per heavy atom. The Morgan fingerprint density at radius 1 is 1.58 bits per heavy atom. The molecule has 5 nitrogen and oxygen atoms in total. The van der Waals surface area contributed by atoms with Crippen LogP contribution in [0.25, 0.3) is 0 Å². The van der Waals surface area contributed by atoms with E-state index in [-0.39, 0.29) is 17.4 Å². The number of aryl methyl sites for hydroxylation is 1. The van der Waals surface area contributed by atoms with E-state index in [0.29, 0.717) is 5.82 Å². The van der Waals surface area contributed by atoms with Gasteiger partial charge in [-0.1, -0.05) is 0 Å². The van der Waals surface area contributed by atoms with Gasteiger partial charge in [-0.25, -0.2) is 4.98 Å². The molecular formula is C5H9ClN2O3S. The number of hydrogen-bond donors (Lipinski definition) is 1. The molecule has 0 atom stereocenters. The molecule has 0 saturated carbocycles. The third-order valence-corrected chi connectivity index (χ3v) is 2.35. The Bertz CT molecular complexity index is 370. The van der Waals surface area contributed by atoms with E-state index in [1.54, 1.807) is 6.92 Å². The topological polar surface area (TPSA) is 72.2 Å². The fraction of sp³-hybridized carbons (Fsp3) is 0.400. The first-order valence-electron chi connectivity index (χ1n) is 2.88. The molecule has 0 aliphatic rings. The molecule has 1 aromatic heterocycles. The second-order valence-corrected chi connectivity index (χ2v) is 3.55. The van der Waals surface area contributed by atoms with E-state index in [9.17, 15) is 8.42 Å². The maximum absolute atomic E-state index is 10.6. The quantitative estimate of drug-likeness (QED) is 0.684. The molecule has 12 heavy (non-hydrogen) atoms. The van der Waals surface area contributed by atoms with Gasteiger partial charge in [-0.15, -0.1) is 12.4 Å². The van der Waals surface area contributed by atoms with Gasteiger partial charge in [0.15, 0.2) is 5.03 Å². The van der Waals surface area contributed by atoms with Gasteiger partial charge in [0.05, 0.1) is 6.20 Å². The molecule has 1 heterocycles. The van der Waals surface area contributed by atoms with Gasteiger partial charge >= 0.3 is 10.1 Å². The van der Waals surface area contributed by atoms with E-state index in [2.05, 4.69) is 4.98 Å². The van der Waals surface area contributed by atoms with Gasteiger partial charge < -0.3 is 4.57 Å². The molecule has 0 amide bonds. The molecule has 70 valence electrons. The number of rotatable bonds is 1. The van der Waals surface area contributed by atoms with E-state index in [1.807, 2.05) is 0 Å². The SMILES string of the molecule is Cc1ncc(S(=O)(=O)O)n1C.Cl. The highest BCUT2D eigenvalue weighted by Gasteiger charge is 2.14. The van der Waals surface area contributed by atoms with Crippen molar-refractivity contribution in [2.45, 2.75) is 11.9 Å². The fourth-order valence-electron chi connectivity index (χ4n) is 0.721. The number of imidazole rings is 1. The normalized spacial score (nSPS) is 10.9. The lowest BCUT2D eigenvalue weighted by atomic mass is 10.7. The third-order valence-electron chi connectivity index (χ3n) is 1.44. The Labute approximate surface area is 76.6 Å². The minimum atomic E-state index is -4.11. The highest BCUT2D eigenvalue weighted by atomic mass is 35.5. The summed E-state index contributed by atoms with van der Waals surface area (Å²) in [7, 11) is -2.59. The summed E-state index contributed by atoms with van der Waals surface area (Å²) in [4.78, 5) is 3.71. The number of aromatic nitrogens is 2. The van der Waals surface area contributed by atoms with Crippen LogP contribution >= 0.6 is 12.4 Å². The summed E-state index contributed by atoms with van der Waals surface area (Å²) in [5.74, 6) is 0.539. The Morgan fingerprint density at radius 3 is 2.25 bits per heavy atom. The lowest BCUT2D eigenvalue weighted by Crippen LogP contribution is -2.05. The van der Waals surface area contributed by atoms with Crippen molar-refractivity contribution in [3.05, 3.63) is 12.0 Å². The molecule has 0 radical (unpaired) electrons. The van der Waals surface area contributed by atoms with Gasteiger partial charge in [-0.05, 0) is 6.92 Å². The zero-order valence-corrected chi connectivity index (χ0v) is 8.18. The second kappa shape index (κ2) is 3.42. The van der Waals surface area contributed by atoms with Crippen LogP contribution in [0.3, 0.4) is 0 Å². The van der Waals surface area contributed by atoms with Crippen LogP contribution in [0.15, 0.2) is 11.2 Å².